The third kappa shape index (κ3) is 5.90. The van der Waals surface area contributed by atoms with Crippen LogP contribution in [0, 0.1) is 6.92 Å². The predicted octanol–water partition coefficient (Wildman–Crippen LogP) is 4.53. The molecule has 0 unspecified atom stereocenters. The van der Waals surface area contributed by atoms with Crippen molar-refractivity contribution in [1.82, 2.24) is 15.0 Å². The number of hydrogen-bond donors (Lipinski definition) is 1. The van der Waals surface area contributed by atoms with Crippen LogP contribution in [0.3, 0.4) is 0 Å². The lowest BCUT2D eigenvalue weighted by Crippen LogP contribution is -2.45. The van der Waals surface area contributed by atoms with E-state index in [2.05, 4.69) is 67.7 Å². The van der Waals surface area contributed by atoms with E-state index in [0.29, 0.717) is 23.0 Å². The van der Waals surface area contributed by atoms with Crippen molar-refractivity contribution in [3.8, 4) is 5.75 Å². The molecule has 1 fully saturated rings. The summed E-state index contributed by atoms with van der Waals surface area (Å²) >= 11 is 0. The molecule has 1 aliphatic heterocycles. The zero-order valence-corrected chi connectivity index (χ0v) is 20.3. The maximum absolute atomic E-state index is 13.0. The largest absolute Gasteiger partial charge is 0.485 e. The minimum atomic E-state index is -0.239. The first kappa shape index (κ1) is 23.6. The number of piperazine rings is 1. The Morgan fingerprint density at radius 1 is 0.944 bits per heavy atom. The Kier molecular flexibility index (Phi) is 7.23. The number of hydrogen-bond acceptors (Lipinski definition) is 7. The molecule has 1 N–H and O–H groups in total. The number of benzene rings is 3. The van der Waals surface area contributed by atoms with Crippen LogP contribution in [0.25, 0.3) is 0 Å². The average Bonchev–Trinajstić information content (AvgIpc) is 3.34. The standard InChI is InChI=1S/C28H29N5O3/c1-21-29-27(31-36-21)20-35-26-10-6-5-9-25(26)28(34)30-23-11-13-24(14-12-23)33-17-15-32(16-18-33)19-22-7-3-2-4-8-22/h2-14H,15-20H2,1H3,(H,30,34). The molecule has 3 aromatic carbocycles. The summed E-state index contributed by atoms with van der Waals surface area (Å²) in [5, 5.41) is 6.79. The van der Waals surface area contributed by atoms with Gasteiger partial charge in [-0.25, -0.2) is 0 Å². The van der Waals surface area contributed by atoms with Crippen LogP contribution in [0.1, 0.15) is 27.6 Å². The van der Waals surface area contributed by atoms with Crippen molar-refractivity contribution >= 4 is 17.3 Å². The molecule has 0 saturated carbocycles. The summed E-state index contributed by atoms with van der Waals surface area (Å²) in [5.74, 6) is 1.12. The van der Waals surface area contributed by atoms with Crippen molar-refractivity contribution in [3.05, 3.63) is 102 Å². The molecule has 1 amide bonds. The topological polar surface area (TPSA) is 83.7 Å². The zero-order chi connectivity index (χ0) is 24.7. The number of anilines is 2. The van der Waals surface area contributed by atoms with Gasteiger partial charge in [-0.05, 0) is 42.0 Å². The van der Waals surface area contributed by atoms with Gasteiger partial charge in [0.2, 0.25) is 11.7 Å². The van der Waals surface area contributed by atoms with Crippen molar-refractivity contribution in [2.24, 2.45) is 0 Å². The molecular weight excluding hydrogens is 454 g/mol. The second-order valence-corrected chi connectivity index (χ2v) is 8.76. The van der Waals surface area contributed by atoms with E-state index in [0.717, 1.165) is 44.1 Å². The molecule has 0 atom stereocenters. The molecule has 0 radical (unpaired) electrons. The van der Waals surface area contributed by atoms with Crippen LogP contribution in [-0.4, -0.2) is 47.1 Å². The van der Waals surface area contributed by atoms with Gasteiger partial charge in [-0.15, -0.1) is 0 Å². The monoisotopic (exact) mass is 483 g/mol. The second kappa shape index (κ2) is 11.0. The van der Waals surface area contributed by atoms with Gasteiger partial charge in [0, 0.05) is 51.0 Å². The minimum absolute atomic E-state index is 0.120. The molecule has 184 valence electrons. The van der Waals surface area contributed by atoms with E-state index in [1.165, 1.54) is 5.56 Å². The maximum Gasteiger partial charge on any atom is 0.259 e. The highest BCUT2D eigenvalue weighted by atomic mass is 16.5. The molecule has 5 rings (SSSR count). The van der Waals surface area contributed by atoms with E-state index in [1.54, 1.807) is 25.1 Å². The average molecular weight is 484 g/mol. The third-order valence-corrected chi connectivity index (χ3v) is 6.17. The van der Waals surface area contributed by atoms with E-state index in [-0.39, 0.29) is 12.5 Å². The zero-order valence-electron chi connectivity index (χ0n) is 20.3. The SMILES string of the molecule is Cc1nc(COc2ccccc2C(=O)Nc2ccc(N3CCN(Cc4ccccc4)CC3)cc2)no1. The summed E-state index contributed by atoms with van der Waals surface area (Å²) in [6.45, 7) is 6.82. The Morgan fingerprint density at radius 2 is 1.67 bits per heavy atom. The quantitative estimate of drug-likeness (QED) is 0.394. The first-order valence-corrected chi connectivity index (χ1v) is 12.1. The van der Waals surface area contributed by atoms with Crippen molar-refractivity contribution in [1.29, 1.82) is 0 Å². The highest BCUT2D eigenvalue weighted by Gasteiger charge is 2.18. The number of nitrogens with zero attached hydrogens (tertiary/aromatic N) is 4. The lowest BCUT2D eigenvalue weighted by atomic mass is 10.1. The number of carbonyl (C=O) groups is 1. The van der Waals surface area contributed by atoms with Gasteiger partial charge < -0.3 is 19.5 Å². The summed E-state index contributed by atoms with van der Waals surface area (Å²) in [7, 11) is 0. The predicted molar refractivity (Wildman–Crippen MR) is 138 cm³/mol. The van der Waals surface area contributed by atoms with Gasteiger partial charge in [0.1, 0.15) is 5.75 Å². The third-order valence-electron chi connectivity index (χ3n) is 6.17. The number of aromatic nitrogens is 2. The number of ether oxygens (including phenoxy) is 1. The molecule has 1 aliphatic rings. The number of carbonyl (C=O) groups excluding carboxylic acids is 1. The molecule has 0 aliphatic carbocycles. The Morgan fingerprint density at radius 3 is 2.39 bits per heavy atom. The van der Waals surface area contributed by atoms with E-state index >= 15 is 0 Å². The molecule has 1 saturated heterocycles. The molecule has 4 aromatic rings. The van der Waals surface area contributed by atoms with Crippen LogP contribution in [-0.2, 0) is 13.2 Å². The van der Waals surface area contributed by atoms with Crippen molar-refractivity contribution in [3.63, 3.8) is 0 Å². The molecular formula is C28H29N5O3. The van der Waals surface area contributed by atoms with Gasteiger partial charge in [-0.1, -0.05) is 47.6 Å². The summed E-state index contributed by atoms with van der Waals surface area (Å²) < 4.78 is 10.7. The van der Waals surface area contributed by atoms with Crippen LogP contribution in [0.15, 0.2) is 83.4 Å². The van der Waals surface area contributed by atoms with Crippen LogP contribution in [0.2, 0.25) is 0 Å². The summed E-state index contributed by atoms with van der Waals surface area (Å²) in [6.07, 6.45) is 0. The van der Waals surface area contributed by atoms with E-state index < -0.39 is 0 Å². The fourth-order valence-corrected chi connectivity index (χ4v) is 4.28. The summed E-state index contributed by atoms with van der Waals surface area (Å²) in [5.41, 5.74) is 3.68. The lowest BCUT2D eigenvalue weighted by molar-refractivity contribution is 0.102. The van der Waals surface area contributed by atoms with E-state index in [1.807, 2.05) is 18.2 Å². The Balaban J connectivity index is 1.15. The van der Waals surface area contributed by atoms with Crippen molar-refractivity contribution in [2.75, 3.05) is 36.4 Å². The number of amides is 1. The number of nitrogens with one attached hydrogen (secondary N) is 1. The van der Waals surface area contributed by atoms with Gasteiger partial charge in [0.15, 0.2) is 6.61 Å². The molecule has 1 aromatic heterocycles. The minimum Gasteiger partial charge on any atom is -0.485 e. The number of aryl methyl sites for hydroxylation is 1. The molecule has 0 spiro atoms. The van der Waals surface area contributed by atoms with Gasteiger partial charge in [0.05, 0.1) is 5.56 Å². The fourth-order valence-electron chi connectivity index (χ4n) is 4.28. The lowest BCUT2D eigenvalue weighted by Gasteiger charge is -2.36. The fraction of sp³-hybridized carbons (Fsp3) is 0.250. The summed E-state index contributed by atoms with van der Waals surface area (Å²) in [6, 6.07) is 25.7. The molecule has 8 nitrogen and oxygen atoms in total. The molecule has 36 heavy (non-hydrogen) atoms. The van der Waals surface area contributed by atoms with Crippen molar-refractivity contribution < 1.29 is 14.1 Å². The van der Waals surface area contributed by atoms with Crippen LogP contribution in [0.4, 0.5) is 11.4 Å². The molecule has 8 heteroatoms. The van der Waals surface area contributed by atoms with Crippen molar-refractivity contribution in [2.45, 2.75) is 20.1 Å². The van der Waals surface area contributed by atoms with E-state index in [4.69, 9.17) is 9.26 Å². The first-order valence-electron chi connectivity index (χ1n) is 12.1. The Labute approximate surface area is 210 Å². The molecule has 2 heterocycles. The van der Waals surface area contributed by atoms with Crippen LogP contribution in [0.5, 0.6) is 5.75 Å². The highest BCUT2D eigenvalue weighted by Crippen LogP contribution is 2.23. The Bertz CT molecular complexity index is 1280. The number of rotatable bonds is 8. The van der Waals surface area contributed by atoms with Crippen LogP contribution < -0.4 is 15.0 Å². The van der Waals surface area contributed by atoms with Gasteiger partial charge in [-0.2, -0.15) is 4.98 Å². The van der Waals surface area contributed by atoms with Gasteiger partial charge in [-0.3, -0.25) is 9.69 Å². The second-order valence-electron chi connectivity index (χ2n) is 8.76. The molecule has 0 bridgehead atoms. The smallest absolute Gasteiger partial charge is 0.259 e. The first-order chi connectivity index (χ1) is 17.6. The normalized spacial score (nSPS) is 14.0. The highest BCUT2D eigenvalue weighted by molar-refractivity contribution is 6.06. The maximum atomic E-state index is 13.0. The Hall–Kier alpha value is -4.17. The summed E-state index contributed by atoms with van der Waals surface area (Å²) in [4.78, 5) is 22.0. The van der Waals surface area contributed by atoms with Crippen LogP contribution >= 0.6 is 0 Å². The van der Waals surface area contributed by atoms with E-state index in [9.17, 15) is 4.79 Å². The van der Waals surface area contributed by atoms with Gasteiger partial charge in [0.25, 0.3) is 5.91 Å². The number of para-hydroxylation sites is 1. The van der Waals surface area contributed by atoms with Gasteiger partial charge >= 0.3 is 0 Å².